The standard InChI is InChI=1S/C20H27N3O3S/c1-16-6-4-7-17(14-16)15-22-27(25,26)19-10-8-18(9-11-19)20(24)21-12-5-13-23(2)3/h4,6-11,14,22H,5,12-13,15H2,1-3H3,(H,21,24). The molecule has 1 amide bonds. The number of nitrogens with one attached hydrogen (secondary N) is 2. The van der Waals surface area contributed by atoms with E-state index in [2.05, 4.69) is 14.9 Å². The quantitative estimate of drug-likeness (QED) is 0.644. The fraction of sp³-hybridized carbons (Fsp3) is 0.350. The van der Waals surface area contributed by atoms with Crippen LogP contribution in [0.1, 0.15) is 27.9 Å². The maximum atomic E-state index is 12.4. The minimum atomic E-state index is -3.63. The monoisotopic (exact) mass is 389 g/mol. The molecule has 2 N–H and O–H groups in total. The molecule has 146 valence electrons. The molecule has 2 aromatic rings. The highest BCUT2D eigenvalue weighted by Gasteiger charge is 2.14. The van der Waals surface area contributed by atoms with E-state index in [1.165, 1.54) is 24.3 Å². The van der Waals surface area contributed by atoms with E-state index in [-0.39, 0.29) is 17.3 Å². The summed E-state index contributed by atoms with van der Waals surface area (Å²) in [6.45, 7) is 3.65. The molecule has 0 fully saturated rings. The number of aryl methyl sites for hydroxylation is 1. The number of hydrogen-bond donors (Lipinski definition) is 2. The Kier molecular flexibility index (Phi) is 7.53. The molecule has 0 spiro atoms. The van der Waals surface area contributed by atoms with Gasteiger partial charge < -0.3 is 10.2 Å². The Labute approximate surface area is 161 Å². The van der Waals surface area contributed by atoms with Gasteiger partial charge in [-0.05, 0) is 63.8 Å². The number of amides is 1. The molecule has 2 rings (SSSR count). The average Bonchev–Trinajstić information content (AvgIpc) is 2.63. The van der Waals surface area contributed by atoms with Gasteiger partial charge in [0.1, 0.15) is 0 Å². The minimum absolute atomic E-state index is 0.138. The maximum absolute atomic E-state index is 12.4. The molecular weight excluding hydrogens is 362 g/mol. The summed E-state index contributed by atoms with van der Waals surface area (Å²) in [5.74, 6) is -0.203. The van der Waals surface area contributed by atoms with Gasteiger partial charge in [-0.1, -0.05) is 29.8 Å². The van der Waals surface area contributed by atoms with Crippen molar-refractivity contribution < 1.29 is 13.2 Å². The van der Waals surface area contributed by atoms with Crippen molar-refractivity contribution in [3.05, 3.63) is 65.2 Å². The lowest BCUT2D eigenvalue weighted by molar-refractivity contribution is 0.0952. The van der Waals surface area contributed by atoms with Gasteiger partial charge >= 0.3 is 0 Å². The van der Waals surface area contributed by atoms with Gasteiger partial charge in [0.05, 0.1) is 4.90 Å². The predicted molar refractivity (Wildman–Crippen MR) is 107 cm³/mol. The minimum Gasteiger partial charge on any atom is -0.352 e. The Hall–Kier alpha value is -2.22. The molecule has 0 aliphatic rings. The van der Waals surface area contributed by atoms with Gasteiger partial charge in [-0.2, -0.15) is 0 Å². The smallest absolute Gasteiger partial charge is 0.251 e. The number of carbonyl (C=O) groups is 1. The van der Waals surface area contributed by atoms with Gasteiger partial charge in [-0.15, -0.1) is 0 Å². The lowest BCUT2D eigenvalue weighted by atomic mass is 10.1. The van der Waals surface area contributed by atoms with Crippen molar-refractivity contribution in [2.75, 3.05) is 27.2 Å². The van der Waals surface area contributed by atoms with Gasteiger partial charge in [-0.3, -0.25) is 4.79 Å². The number of nitrogens with zero attached hydrogens (tertiary/aromatic N) is 1. The summed E-state index contributed by atoms with van der Waals surface area (Å²) in [5.41, 5.74) is 2.41. The SMILES string of the molecule is Cc1cccc(CNS(=O)(=O)c2ccc(C(=O)NCCCN(C)C)cc2)c1. The molecule has 0 aromatic heterocycles. The Balaban J connectivity index is 1.93. The van der Waals surface area contributed by atoms with E-state index >= 15 is 0 Å². The normalized spacial score (nSPS) is 11.6. The molecule has 0 aliphatic heterocycles. The summed E-state index contributed by atoms with van der Waals surface area (Å²) >= 11 is 0. The van der Waals surface area contributed by atoms with E-state index in [1.807, 2.05) is 45.3 Å². The highest BCUT2D eigenvalue weighted by molar-refractivity contribution is 7.89. The topological polar surface area (TPSA) is 78.5 Å². The Morgan fingerprint density at radius 1 is 1.07 bits per heavy atom. The van der Waals surface area contributed by atoms with E-state index in [4.69, 9.17) is 0 Å². The van der Waals surface area contributed by atoms with Crippen LogP contribution in [0.15, 0.2) is 53.4 Å². The van der Waals surface area contributed by atoms with Gasteiger partial charge in [0.2, 0.25) is 10.0 Å². The van der Waals surface area contributed by atoms with Crippen molar-refractivity contribution in [3.8, 4) is 0 Å². The van der Waals surface area contributed by atoms with Gasteiger partial charge in [0.25, 0.3) is 5.91 Å². The summed E-state index contributed by atoms with van der Waals surface area (Å²) in [7, 11) is 0.329. The number of rotatable bonds is 9. The van der Waals surface area contributed by atoms with Crippen molar-refractivity contribution in [2.24, 2.45) is 0 Å². The van der Waals surface area contributed by atoms with Gasteiger partial charge in [-0.25, -0.2) is 13.1 Å². The molecule has 0 saturated heterocycles. The Morgan fingerprint density at radius 2 is 1.78 bits per heavy atom. The highest BCUT2D eigenvalue weighted by atomic mass is 32.2. The first kappa shape index (κ1) is 21.1. The number of benzene rings is 2. The number of sulfonamides is 1. The van der Waals surface area contributed by atoms with Crippen molar-refractivity contribution in [3.63, 3.8) is 0 Å². The number of hydrogen-bond acceptors (Lipinski definition) is 4. The van der Waals surface area contributed by atoms with Crippen LogP contribution in [-0.2, 0) is 16.6 Å². The molecule has 0 heterocycles. The van der Waals surface area contributed by atoms with E-state index in [1.54, 1.807) is 0 Å². The summed E-state index contributed by atoms with van der Waals surface area (Å²) in [6, 6.07) is 13.6. The van der Waals surface area contributed by atoms with E-state index in [0.29, 0.717) is 12.1 Å². The van der Waals surface area contributed by atoms with Crippen molar-refractivity contribution in [2.45, 2.75) is 24.8 Å². The molecular formula is C20H27N3O3S. The van der Waals surface area contributed by atoms with E-state index in [9.17, 15) is 13.2 Å². The van der Waals surface area contributed by atoms with Crippen LogP contribution < -0.4 is 10.0 Å². The zero-order valence-corrected chi connectivity index (χ0v) is 16.8. The third-order valence-electron chi connectivity index (χ3n) is 4.04. The molecule has 0 unspecified atom stereocenters. The Morgan fingerprint density at radius 3 is 2.41 bits per heavy atom. The lowest BCUT2D eigenvalue weighted by Crippen LogP contribution is -2.27. The second-order valence-electron chi connectivity index (χ2n) is 6.75. The molecule has 0 radical (unpaired) electrons. The van der Waals surface area contributed by atoms with E-state index < -0.39 is 10.0 Å². The summed E-state index contributed by atoms with van der Waals surface area (Å²) in [6.07, 6.45) is 0.855. The fourth-order valence-electron chi connectivity index (χ4n) is 2.57. The fourth-order valence-corrected chi connectivity index (χ4v) is 3.59. The molecule has 6 nitrogen and oxygen atoms in total. The first-order valence-electron chi connectivity index (χ1n) is 8.86. The second-order valence-corrected chi connectivity index (χ2v) is 8.52. The molecule has 27 heavy (non-hydrogen) atoms. The first-order chi connectivity index (χ1) is 12.8. The van der Waals surface area contributed by atoms with Crippen LogP contribution in [0.2, 0.25) is 0 Å². The van der Waals surface area contributed by atoms with Crippen molar-refractivity contribution >= 4 is 15.9 Å². The number of carbonyl (C=O) groups excluding carboxylic acids is 1. The van der Waals surface area contributed by atoms with Gasteiger partial charge in [0, 0.05) is 18.7 Å². The Bertz CT molecular complexity index is 862. The summed E-state index contributed by atoms with van der Waals surface area (Å²) < 4.78 is 27.4. The molecule has 0 saturated carbocycles. The molecule has 0 bridgehead atoms. The third kappa shape index (κ3) is 6.78. The van der Waals surface area contributed by atoms with Crippen LogP contribution in [0.3, 0.4) is 0 Å². The zero-order chi connectivity index (χ0) is 19.9. The van der Waals surface area contributed by atoms with Crippen LogP contribution in [-0.4, -0.2) is 46.4 Å². The molecule has 7 heteroatoms. The van der Waals surface area contributed by atoms with Crippen molar-refractivity contribution in [1.29, 1.82) is 0 Å². The lowest BCUT2D eigenvalue weighted by Gasteiger charge is -2.10. The average molecular weight is 390 g/mol. The predicted octanol–water partition coefficient (Wildman–Crippen LogP) is 2.16. The van der Waals surface area contributed by atoms with Crippen LogP contribution in [0.25, 0.3) is 0 Å². The highest BCUT2D eigenvalue weighted by Crippen LogP contribution is 2.12. The van der Waals surface area contributed by atoms with Crippen LogP contribution in [0, 0.1) is 6.92 Å². The zero-order valence-electron chi connectivity index (χ0n) is 16.0. The summed E-state index contributed by atoms with van der Waals surface area (Å²) in [5, 5.41) is 2.83. The van der Waals surface area contributed by atoms with Crippen LogP contribution in [0.5, 0.6) is 0 Å². The summed E-state index contributed by atoms with van der Waals surface area (Å²) in [4.78, 5) is 14.3. The first-order valence-corrected chi connectivity index (χ1v) is 10.3. The molecule has 2 aromatic carbocycles. The third-order valence-corrected chi connectivity index (χ3v) is 5.46. The van der Waals surface area contributed by atoms with Crippen LogP contribution in [0.4, 0.5) is 0 Å². The van der Waals surface area contributed by atoms with Crippen molar-refractivity contribution in [1.82, 2.24) is 14.9 Å². The van der Waals surface area contributed by atoms with Crippen LogP contribution >= 0.6 is 0 Å². The largest absolute Gasteiger partial charge is 0.352 e. The molecule has 0 atom stereocenters. The van der Waals surface area contributed by atoms with Gasteiger partial charge in [0.15, 0.2) is 0 Å². The molecule has 0 aliphatic carbocycles. The maximum Gasteiger partial charge on any atom is 0.251 e. The second kappa shape index (κ2) is 9.64. The van der Waals surface area contributed by atoms with E-state index in [0.717, 1.165) is 24.1 Å².